The van der Waals surface area contributed by atoms with Crippen LogP contribution >= 0.6 is 0 Å². The molecule has 3 rings (SSSR count). The van der Waals surface area contributed by atoms with Crippen LogP contribution in [0.4, 0.5) is 5.69 Å². The van der Waals surface area contributed by atoms with Gasteiger partial charge in [-0.05, 0) is 37.1 Å². The first kappa shape index (κ1) is 15.6. The van der Waals surface area contributed by atoms with E-state index in [2.05, 4.69) is 6.92 Å². The quantitative estimate of drug-likeness (QED) is 0.645. The molecule has 2 fully saturated rings. The third-order valence-corrected chi connectivity index (χ3v) is 4.32. The minimum atomic E-state index is -0.0900. The van der Waals surface area contributed by atoms with E-state index in [0.29, 0.717) is 13.2 Å². The molecule has 2 aliphatic rings. The lowest BCUT2D eigenvalue weighted by Gasteiger charge is -2.18. The highest BCUT2D eigenvalue weighted by atomic mass is 16.6. The fourth-order valence-electron chi connectivity index (χ4n) is 2.95. The van der Waals surface area contributed by atoms with Crippen LogP contribution in [0.15, 0.2) is 18.2 Å². The van der Waals surface area contributed by atoms with Crippen LogP contribution in [-0.2, 0) is 14.2 Å². The number of anilines is 1. The van der Waals surface area contributed by atoms with E-state index in [-0.39, 0.29) is 24.4 Å². The second kappa shape index (κ2) is 6.86. The Hall–Kier alpha value is -1.30. The van der Waals surface area contributed by atoms with E-state index >= 15 is 0 Å². The van der Waals surface area contributed by atoms with Crippen molar-refractivity contribution in [1.29, 1.82) is 0 Å². The van der Waals surface area contributed by atoms with Gasteiger partial charge in [-0.3, -0.25) is 0 Å². The molecule has 1 aromatic rings. The van der Waals surface area contributed by atoms with E-state index in [1.54, 1.807) is 0 Å². The van der Waals surface area contributed by atoms with E-state index in [4.69, 9.17) is 24.7 Å². The molecule has 0 bridgehead atoms. The average molecular weight is 307 g/mol. The summed E-state index contributed by atoms with van der Waals surface area (Å²) in [6.07, 6.45) is 2.07. The first-order chi connectivity index (χ1) is 10.7. The third kappa shape index (κ3) is 3.21. The van der Waals surface area contributed by atoms with Gasteiger partial charge in [0, 0.05) is 12.3 Å². The number of unbranched alkanes of at least 4 members (excludes halogenated alkanes) is 1. The Kier molecular flexibility index (Phi) is 4.86. The molecule has 22 heavy (non-hydrogen) atoms. The van der Waals surface area contributed by atoms with E-state index in [1.807, 2.05) is 25.1 Å². The number of fused-ring (bicyclic) bond motifs is 1. The first-order valence-corrected chi connectivity index (χ1v) is 8.06. The topological polar surface area (TPSA) is 62.9 Å². The molecule has 0 spiro atoms. The van der Waals surface area contributed by atoms with Crippen molar-refractivity contribution in [3.05, 3.63) is 23.8 Å². The normalized spacial score (nSPS) is 30.5. The van der Waals surface area contributed by atoms with Crippen LogP contribution in [0, 0.1) is 6.92 Å². The number of benzene rings is 1. The van der Waals surface area contributed by atoms with Crippen molar-refractivity contribution in [2.75, 3.05) is 25.6 Å². The largest absolute Gasteiger partial charge is 0.485 e. The molecule has 2 aliphatic heterocycles. The molecule has 122 valence electrons. The van der Waals surface area contributed by atoms with Crippen molar-refractivity contribution in [2.45, 2.75) is 51.1 Å². The standard InChI is InChI=1S/C17H25NO4/c1-3-4-7-19-14-9-20-17-15(10-21-16(14)17)22-12-5-6-13(18)11(2)8-12/h5-6,8,14-17H,3-4,7,9-10,18H2,1-2H3/t14-,15-,16-,17-/m1/s1. The number of aryl methyl sites for hydroxylation is 1. The molecule has 0 aromatic heterocycles. The van der Waals surface area contributed by atoms with Gasteiger partial charge < -0.3 is 24.7 Å². The molecule has 0 radical (unpaired) electrons. The minimum Gasteiger partial charge on any atom is -0.485 e. The highest BCUT2D eigenvalue weighted by Crippen LogP contribution is 2.32. The lowest BCUT2D eigenvalue weighted by molar-refractivity contribution is -0.0359. The zero-order valence-electron chi connectivity index (χ0n) is 13.3. The molecule has 0 amide bonds. The van der Waals surface area contributed by atoms with E-state index in [0.717, 1.165) is 36.4 Å². The van der Waals surface area contributed by atoms with Crippen LogP contribution in [0.5, 0.6) is 5.75 Å². The van der Waals surface area contributed by atoms with Crippen LogP contribution in [0.25, 0.3) is 0 Å². The van der Waals surface area contributed by atoms with Crippen molar-refractivity contribution in [1.82, 2.24) is 0 Å². The van der Waals surface area contributed by atoms with Crippen molar-refractivity contribution in [3.8, 4) is 5.75 Å². The number of hydrogen-bond acceptors (Lipinski definition) is 5. The number of rotatable bonds is 6. The molecule has 5 heteroatoms. The molecule has 0 aliphatic carbocycles. The Bertz CT molecular complexity index is 507. The molecule has 0 unspecified atom stereocenters. The predicted octanol–water partition coefficient (Wildman–Crippen LogP) is 2.31. The number of nitrogens with two attached hydrogens (primary N) is 1. The number of ether oxygens (including phenoxy) is 4. The summed E-state index contributed by atoms with van der Waals surface area (Å²) in [4.78, 5) is 0. The molecule has 2 saturated heterocycles. The zero-order valence-corrected chi connectivity index (χ0v) is 13.3. The van der Waals surface area contributed by atoms with Gasteiger partial charge in [-0.25, -0.2) is 0 Å². The van der Waals surface area contributed by atoms with E-state index in [1.165, 1.54) is 0 Å². The van der Waals surface area contributed by atoms with Gasteiger partial charge in [0.05, 0.1) is 13.2 Å². The molecule has 2 N–H and O–H groups in total. The van der Waals surface area contributed by atoms with Gasteiger partial charge in [0.1, 0.15) is 24.1 Å². The van der Waals surface area contributed by atoms with Crippen molar-refractivity contribution in [2.24, 2.45) is 0 Å². The van der Waals surface area contributed by atoms with Crippen LogP contribution in [0.1, 0.15) is 25.3 Å². The van der Waals surface area contributed by atoms with Crippen molar-refractivity contribution >= 4 is 5.69 Å². The maximum absolute atomic E-state index is 6.04. The van der Waals surface area contributed by atoms with Crippen molar-refractivity contribution in [3.63, 3.8) is 0 Å². The summed E-state index contributed by atoms with van der Waals surface area (Å²) in [6.45, 7) is 6.01. The Balaban J connectivity index is 1.57. The molecule has 1 aromatic carbocycles. The van der Waals surface area contributed by atoms with E-state index < -0.39 is 0 Å². The van der Waals surface area contributed by atoms with Crippen molar-refractivity contribution < 1.29 is 18.9 Å². The van der Waals surface area contributed by atoms with Gasteiger partial charge in [0.2, 0.25) is 0 Å². The smallest absolute Gasteiger partial charge is 0.151 e. The van der Waals surface area contributed by atoms with Crippen LogP contribution in [-0.4, -0.2) is 44.2 Å². The van der Waals surface area contributed by atoms with Crippen LogP contribution in [0.2, 0.25) is 0 Å². The molecule has 0 saturated carbocycles. The summed E-state index contributed by atoms with van der Waals surface area (Å²) in [7, 11) is 0. The second-order valence-corrected chi connectivity index (χ2v) is 6.03. The first-order valence-electron chi connectivity index (χ1n) is 8.06. The van der Waals surface area contributed by atoms with Gasteiger partial charge >= 0.3 is 0 Å². The van der Waals surface area contributed by atoms with Gasteiger partial charge in [-0.15, -0.1) is 0 Å². The molecule has 4 atom stereocenters. The summed E-state index contributed by atoms with van der Waals surface area (Å²) in [5.74, 6) is 0.805. The lowest BCUT2D eigenvalue weighted by atomic mass is 10.1. The summed E-state index contributed by atoms with van der Waals surface area (Å²) in [5.41, 5.74) is 7.62. The van der Waals surface area contributed by atoms with Gasteiger partial charge in [-0.1, -0.05) is 13.3 Å². The summed E-state index contributed by atoms with van der Waals surface area (Å²) < 4.78 is 23.6. The number of nitrogen functional groups attached to an aromatic ring is 1. The van der Waals surface area contributed by atoms with Crippen LogP contribution < -0.4 is 10.5 Å². The monoisotopic (exact) mass is 307 g/mol. The Morgan fingerprint density at radius 2 is 1.91 bits per heavy atom. The minimum absolute atomic E-state index is 0.0169. The van der Waals surface area contributed by atoms with Gasteiger partial charge in [0.25, 0.3) is 0 Å². The zero-order chi connectivity index (χ0) is 15.5. The Morgan fingerprint density at radius 3 is 2.64 bits per heavy atom. The molecule has 5 nitrogen and oxygen atoms in total. The Morgan fingerprint density at radius 1 is 1.18 bits per heavy atom. The van der Waals surface area contributed by atoms with E-state index in [9.17, 15) is 0 Å². The third-order valence-electron chi connectivity index (χ3n) is 4.32. The lowest BCUT2D eigenvalue weighted by Crippen LogP contribution is -2.35. The highest BCUT2D eigenvalue weighted by molar-refractivity contribution is 5.49. The second-order valence-electron chi connectivity index (χ2n) is 6.03. The molecular formula is C17H25NO4. The average Bonchev–Trinajstić information content (AvgIpc) is 3.07. The summed E-state index contributed by atoms with van der Waals surface area (Å²) in [5, 5.41) is 0. The fraction of sp³-hybridized carbons (Fsp3) is 0.647. The fourth-order valence-corrected chi connectivity index (χ4v) is 2.95. The molecular weight excluding hydrogens is 282 g/mol. The molecule has 2 heterocycles. The SMILES string of the molecule is CCCCO[C@@H]1CO[C@H]2[C@@H]1OC[C@H]2Oc1ccc(N)c(C)c1. The predicted molar refractivity (Wildman–Crippen MR) is 84.1 cm³/mol. The summed E-state index contributed by atoms with van der Waals surface area (Å²) >= 11 is 0. The maximum Gasteiger partial charge on any atom is 0.151 e. The number of hydrogen-bond donors (Lipinski definition) is 1. The van der Waals surface area contributed by atoms with Crippen LogP contribution in [0.3, 0.4) is 0 Å². The Labute approximate surface area is 131 Å². The summed E-state index contributed by atoms with van der Waals surface area (Å²) in [6, 6.07) is 5.71. The van der Waals surface area contributed by atoms with Gasteiger partial charge in [0.15, 0.2) is 6.10 Å². The highest BCUT2D eigenvalue weighted by Gasteiger charge is 2.49. The van der Waals surface area contributed by atoms with Gasteiger partial charge in [-0.2, -0.15) is 0 Å². The maximum atomic E-state index is 6.04.